The van der Waals surface area contributed by atoms with Gasteiger partial charge in [0.1, 0.15) is 5.41 Å². The minimum absolute atomic E-state index is 0.0488. The second-order valence-electron chi connectivity index (χ2n) is 4.49. The van der Waals surface area contributed by atoms with Gasteiger partial charge in [0.05, 0.1) is 16.6 Å². The molecule has 0 amide bonds. The normalized spacial score (nSPS) is 13.2. The van der Waals surface area contributed by atoms with E-state index in [-0.39, 0.29) is 5.69 Å². The summed E-state index contributed by atoms with van der Waals surface area (Å²) in [6.07, 6.45) is 0. The number of benzene rings is 2. The molecule has 0 heterocycles. The summed E-state index contributed by atoms with van der Waals surface area (Å²) in [5.74, 6) is 0. The summed E-state index contributed by atoms with van der Waals surface area (Å²) in [6, 6.07) is 15.8. The molecule has 20 heavy (non-hydrogen) atoms. The Morgan fingerprint density at radius 2 is 1.70 bits per heavy atom. The average Bonchev–Trinajstić information content (AvgIpc) is 2.47. The molecule has 0 aliphatic carbocycles. The molecule has 0 N–H and O–H groups in total. The van der Waals surface area contributed by atoms with Crippen molar-refractivity contribution in [2.75, 3.05) is 0 Å². The summed E-state index contributed by atoms with van der Waals surface area (Å²) in [5, 5.41) is 20.8. The van der Waals surface area contributed by atoms with E-state index in [0.29, 0.717) is 11.1 Å². The van der Waals surface area contributed by atoms with E-state index in [0.717, 1.165) is 4.47 Å². The number of hydrogen-bond acceptors (Lipinski definition) is 3. The third-order valence-corrected chi connectivity index (χ3v) is 3.97. The molecule has 0 aliphatic heterocycles. The highest BCUT2D eigenvalue weighted by Gasteiger charge is 2.36. The lowest BCUT2D eigenvalue weighted by Crippen LogP contribution is -2.23. The standard InChI is InChI=1S/C15H11BrN2O2/c1-15(10-17,11-6-2-4-8-13(11)16)12-7-3-5-9-14(12)18(19)20/h2-9H,1H3. The van der Waals surface area contributed by atoms with Gasteiger partial charge in [0.15, 0.2) is 0 Å². The van der Waals surface area contributed by atoms with Crippen molar-refractivity contribution < 1.29 is 4.92 Å². The van der Waals surface area contributed by atoms with Crippen LogP contribution in [-0.2, 0) is 5.41 Å². The van der Waals surface area contributed by atoms with E-state index in [4.69, 9.17) is 0 Å². The van der Waals surface area contributed by atoms with Crippen LogP contribution in [0, 0.1) is 21.4 Å². The van der Waals surface area contributed by atoms with Crippen LogP contribution in [0.4, 0.5) is 5.69 Å². The fourth-order valence-corrected chi connectivity index (χ4v) is 2.87. The number of halogens is 1. The molecular formula is C15H11BrN2O2. The van der Waals surface area contributed by atoms with E-state index in [1.54, 1.807) is 31.2 Å². The minimum atomic E-state index is -1.09. The van der Waals surface area contributed by atoms with Crippen molar-refractivity contribution in [3.05, 3.63) is 74.2 Å². The number of rotatable bonds is 3. The van der Waals surface area contributed by atoms with Gasteiger partial charge in [0.25, 0.3) is 5.69 Å². The van der Waals surface area contributed by atoms with Crippen LogP contribution in [0.15, 0.2) is 53.0 Å². The molecule has 1 atom stereocenters. The van der Waals surface area contributed by atoms with Gasteiger partial charge in [-0.2, -0.15) is 5.26 Å². The molecule has 0 aliphatic rings. The van der Waals surface area contributed by atoms with Gasteiger partial charge in [-0.25, -0.2) is 0 Å². The predicted molar refractivity (Wildman–Crippen MR) is 79.3 cm³/mol. The minimum Gasteiger partial charge on any atom is -0.258 e. The maximum atomic E-state index is 11.2. The molecule has 4 nitrogen and oxygen atoms in total. The van der Waals surface area contributed by atoms with E-state index >= 15 is 0 Å². The molecular weight excluding hydrogens is 320 g/mol. The molecule has 1 unspecified atom stereocenters. The first-order valence-electron chi connectivity index (χ1n) is 5.91. The highest BCUT2D eigenvalue weighted by Crippen LogP contribution is 2.39. The Morgan fingerprint density at radius 1 is 1.15 bits per heavy atom. The van der Waals surface area contributed by atoms with Gasteiger partial charge < -0.3 is 0 Å². The zero-order valence-electron chi connectivity index (χ0n) is 10.7. The van der Waals surface area contributed by atoms with Crippen molar-refractivity contribution in [3.63, 3.8) is 0 Å². The van der Waals surface area contributed by atoms with Crippen molar-refractivity contribution in [1.82, 2.24) is 0 Å². The van der Waals surface area contributed by atoms with Gasteiger partial charge >= 0.3 is 0 Å². The van der Waals surface area contributed by atoms with E-state index in [9.17, 15) is 15.4 Å². The average molecular weight is 331 g/mol. The van der Waals surface area contributed by atoms with E-state index < -0.39 is 10.3 Å². The van der Waals surface area contributed by atoms with Crippen LogP contribution in [0.25, 0.3) is 0 Å². The number of nitro benzene ring substituents is 1. The van der Waals surface area contributed by atoms with E-state index in [1.807, 2.05) is 18.2 Å². The Kier molecular flexibility index (Phi) is 3.86. The highest BCUT2D eigenvalue weighted by atomic mass is 79.9. The van der Waals surface area contributed by atoms with Gasteiger partial charge in [0.2, 0.25) is 0 Å². The third-order valence-electron chi connectivity index (χ3n) is 3.28. The second-order valence-corrected chi connectivity index (χ2v) is 5.35. The zero-order chi connectivity index (χ0) is 14.8. The molecule has 2 aromatic carbocycles. The van der Waals surface area contributed by atoms with Crippen LogP contribution in [0.1, 0.15) is 18.1 Å². The van der Waals surface area contributed by atoms with Gasteiger partial charge in [-0.05, 0) is 18.6 Å². The molecule has 0 bridgehead atoms. The lowest BCUT2D eigenvalue weighted by Gasteiger charge is -2.23. The lowest BCUT2D eigenvalue weighted by atomic mass is 9.77. The quantitative estimate of drug-likeness (QED) is 0.626. The molecule has 0 saturated heterocycles. The Morgan fingerprint density at radius 3 is 2.25 bits per heavy atom. The SMILES string of the molecule is CC(C#N)(c1ccccc1Br)c1ccccc1[N+](=O)[O-]. The number of hydrogen-bond donors (Lipinski definition) is 0. The molecule has 2 aromatic rings. The Hall–Kier alpha value is -2.19. The van der Waals surface area contributed by atoms with Crippen LogP contribution < -0.4 is 0 Å². The fourth-order valence-electron chi connectivity index (χ4n) is 2.19. The fraction of sp³-hybridized carbons (Fsp3) is 0.133. The Balaban J connectivity index is 2.74. The van der Waals surface area contributed by atoms with Crippen LogP contribution in [0.5, 0.6) is 0 Å². The highest BCUT2D eigenvalue weighted by molar-refractivity contribution is 9.10. The first-order valence-corrected chi connectivity index (χ1v) is 6.70. The summed E-state index contributed by atoms with van der Waals surface area (Å²) in [6.45, 7) is 1.69. The van der Waals surface area contributed by atoms with Crippen molar-refractivity contribution in [1.29, 1.82) is 5.26 Å². The summed E-state index contributed by atoms with van der Waals surface area (Å²) in [7, 11) is 0. The molecule has 0 radical (unpaired) electrons. The maximum Gasteiger partial charge on any atom is 0.274 e. The van der Waals surface area contributed by atoms with Gasteiger partial charge in [-0.15, -0.1) is 0 Å². The van der Waals surface area contributed by atoms with Crippen molar-refractivity contribution in [2.45, 2.75) is 12.3 Å². The molecule has 0 saturated carbocycles. The molecule has 100 valence electrons. The van der Waals surface area contributed by atoms with Crippen LogP contribution in [0.3, 0.4) is 0 Å². The Labute approximate surface area is 124 Å². The summed E-state index contributed by atoms with van der Waals surface area (Å²) < 4.78 is 0.752. The zero-order valence-corrected chi connectivity index (χ0v) is 12.3. The monoisotopic (exact) mass is 330 g/mol. The lowest BCUT2D eigenvalue weighted by molar-refractivity contribution is -0.385. The second kappa shape index (κ2) is 5.43. The van der Waals surface area contributed by atoms with E-state index in [1.165, 1.54) is 6.07 Å². The van der Waals surface area contributed by atoms with Crippen LogP contribution in [0.2, 0.25) is 0 Å². The van der Waals surface area contributed by atoms with Gasteiger partial charge in [-0.3, -0.25) is 10.1 Å². The van der Waals surface area contributed by atoms with E-state index in [2.05, 4.69) is 22.0 Å². The molecule has 0 spiro atoms. The number of nitrogens with zero attached hydrogens (tertiary/aromatic N) is 2. The number of nitro groups is 1. The molecule has 2 rings (SSSR count). The smallest absolute Gasteiger partial charge is 0.258 e. The first-order chi connectivity index (χ1) is 9.50. The number of nitriles is 1. The molecule has 0 aromatic heterocycles. The maximum absolute atomic E-state index is 11.2. The first kappa shape index (κ1) is 14.2. The summed E-state index contributed by atoms with van der Waals surface area (Å²) in [5.41, 5.74) is -0.0486. The summed E-state index contributed by atoms with van der Waals surface area (Å²) >= 11 is 3.41. The van der Waals surface area contributed by atoms with Gasteiger partial charge in [-0.1, -0.05) is 52.3 Å². The van der Waals surface area contributed by atoms with Crippen molar-refractivity contribution in [3.8, 4) is 6.07 Å². The Bertz CT molecular complexity index is 709. The third kappa shape index (κ3) is 2.30. The molecule has 0 fully saturated rings. The topological polar surface area (TPSA) is 66.9 Å². The number of para-hydroxylation sites is 1. The van der Waals surface area contributed by atoms with Gasteiger partial charge in [0, 0.05) is 10.5 Å². The molecule has 5 heteroatoms. The largest absolute Gasteiger partial charge is 0.274 e. The van der Waals surface area contributed by atoms with Crippen LogP contribution >= 0.6 is 15.9 Å². The van der Waals surface area contributed by atoms with Crippen molar-refractivity contribution in [2.24, 2.45) is 0 Å². The summed E-state index contributed by atoms with van der Waals surface area (Å²) in [4.78, 5) is 10.7. The van der Waals surface area contributed by atoms with Crippen LogP contribution in [-0.4, -0.2) is 4.92 Å². The predicted octanol–water partition coefficient (Wildman–Crippen LogP) is 4.19. The van der Waals surface area contributed by atoms with Crippen molar-refractivity contribution >= 4 is 21.6 Å².